The monoisotopic (exact) mass is 388 g/mol. The molecule has 1 aliphatic rings. The van der Waals surface area contributed by atoms with Gasteiger partial charge in [-0.25, -0.2) is 9.97 Å². The number of aromatic nitrogens is 4. The van der Waals surface area contributed by atoms with Gasteiger partial charge in [0.05, 0.1) is 11.4 Å². The number of aryl methyl sites for hydroxylation is 2. The van der Waals surface area contributed by atoms with Gasteiger partial charge in [0.1, 0.15) is 17.0 Å². The normalized spacial score (nSPS) is 15.4. The number of piperazine rings is 1. The second kappa shape index (κ2) is 7.00. The number of aromatic amines is 1. The largest absolute Gasteiger partial charge is 0.346 e. The van der Waals surface area contributed by atoms with E-state index in [0.717, 1.165) is 42.0 Å². The van der Waals surface area contributed by atoms with Crippen molar-refractivity contribution in [2.24, 2.45) is 0 Å². The number of nitrogens with zero attached hydrogens (tertiary/aromatic N) is 5. The van der Waals surface area contributed by atoms with Gasteiger partial charge in [-0.15, -0.1) is 0 Å². The molecule has 4 aromatic rings. The van der Waals surface area contributed by atoms with Gasteiger partial charge in [0.25, 0.3) is 5.91 Å². The molecule has 0 saturated carbocycles. The molecule has 0 spiro atoms. The molecule has 0 unspecified atom stereocenters. The first kappa shape index (κ1) is 17.9. The average Bonchev–Trinajstić information content (AvgIpc) is 3.31. The standard InChI is InChI=1S/C22H24N6O/c1-15-6-8-28-19(16(2)24-20(28)13-15)14-26-9-11-27(12-10-26)22(29)18-4-3-17-5-7-23-21(17)25-18/h3-8,13H,9-12,14H2,1-2H3,(H,23,25). The van der Waals surface area contributed by atoms with Crippen LogP contribution in [0.2, 0.25) is 0 Å². The van der Waals surface area contributed by atoms with Crippen molar-refractivity contribution in [3.05, 3.63) is 65.4 Å². The van der Waals surface area contributed by atoms with E-state index in [-0.39, 0.29) is 5.91 Å². The summed E-state index contributed by atoms with van der Waals surface area (Å²) in [5.74, 6) is 0.00242. The van der Waals surface area contributed by atoms with Crippen LogP contribution in [0, 0.1) is 13.8 Å². The molecule has 1 aliphatic heterocycles. The Morgan fingerprint density at radius 2 is 1.90 bits per heavy atom. The highest BCUT2D eigenvalue weighted by Crippen LogP contribution is 2.18. The molecule has 148 valence electrons. The molecule has 1 N–H and O–H groups in total. The van der Waals surface area contributed by atoms with E-state index < -0.39 is 0 Å². The summed E-state index contributed by atoms with van der Waals surface area (Å²) >= 11 is 0. The Morgan fingerprint density at radius 1 is 1.07 bits per heavy atom. The van der Waals surface area contributed by atoms with Gasteiger partial charge in [-0.2, -0.15) is 0 Å². The lowest BCUT2D eigenvalue weighted by Crippen LogP contribution is -2.48. The maximum atomic E-state index is 12.9. The van der Waals surface area contributed by atoms with Gasteiger partial charge in [0.15, 0.2) is 0 Å². The molecule has 4 aromatic heterocycles. The number of carbonyl (C=O) groups is 1. The Kier molecular flexibility index (Phi) is 4.32. The molecule has 0 aromatic carbocycles. The summed E-state index contributed by atoms with van der Waals surface area (Å²) in [4.78, 5) is 29.4. The van der Waals surface area contributed by atoms with Crippen LogP contribution in [-0.2, 0) is 6.54 Å². The average molecular weight is 388 g/mol. The van der Waals surface area contributed by atoms with Crippen molar-refractivity contribution in [2.45, 2.75) is 20.4 Å². The van der Waals surface area contributed by atoms with E-state index in [4.69, 9.17) is 4.98 Å². The minimum Gasteiger partial charge on any atom is -0.346 e. The minimum atomic E-state index is 0.00242. The number of fused-ring (bicyclic) bond motifs is 2. The molecule has 7 heteroatoms. The summed E-state index contributed by atoms with van der Waals surface area (Å²) in [5.41, 5.74) is 5.76. The highest BCUT2D eigenvalue weighted by atomic mass is 16.2. The maximum absolute atomic E-state index is 12.9. The first-order chi connectivity index (χ1) is 14.1. The molecule has 1 fully saturated rings. The number of pyridine rings is 2. The Morgan fingerprint density at radius 3 is 2.72 bits per heavy atom. The molecule has 5 rings (SSSR count). The molecule has 1 amide bonds. The lowest BCUT2D eigenvalue weighted by atomic mass is 10.2. The van der Waals surface area contributed by atoms with Crippen LogP contribution in [0.3, 0.4) is 0 Å². The van der Waals surface area contributed by atoms with E-state index in [2.05, 4.69) is 51.4 Å². The SMILES string of the molecule is Cc1ccn2c(CN3CCN(C(=O)c4ccc5cc[nH]c5n4)CC3)c(C)nc2c1. The number of H-pyrrole nitrogens is 1. The molecular formula is C22H24N6O. The van der Waals surface area contributed by atoms with E-state index >= 15 is 0 Å². The number of hydrogen-bond acceptors (Lipinski definition) is 4. The van der Waals surface area contributed by atoms with Crippen LogP contribution in [0.5, 0.6) is 0 Å². The van der Waals surface area contributed by atoms with E-state index in [1.165, 1.54) is 11.3 Å². The van der Waals surface area contributed by atoms with Crippen LogP contribution in [0.4, 0.5) is 0 Å². The Balaban J connectivity index is 1.27. The Bertz CT molecular complexity index is 1200. The van der Waals surface area contributed by atoms with Crippen LogP contribution < -0.4 is 0 Å². The van der Waals surface area contributed by atoms with Crippen molar-refractivity contribution >= 4 is 22.6 Å². The van der Waals surface area contributed by atoms with Gasteiger partial charge in [-0.05, 0) is 49.7 Å². The van der Waals surface area contributed by atoms with E-state index in [9.17, 15) is 4.79 Å². The van der Waals surface area contributed by atoms with Crippen LogP contribution in [0.1, 0.15) is 27.4 Å². The van der Waals surface area contributed by atoms with Crippen LogP contribution in [0.25, 0.3) is 16.7 Å². The lowest BCUT2D eigenvalue weighted by molar-refractivity contribution is 0.0621. The fourth-order valence-electron chi connectivity index (χ4n) is 4.04. The summed E-state index contributed by atoms with van der Waals surface area (Å²) in [5, 5.41) is 1.02. The number of nitrogens with one attached hydrogen (secondary N) is 1. The van der Waals surface area contributed by atoms with Crippen molar-refractivity contribution in [1.29, 1.82) is 0 Å². The van der Waals surface area contributed by atoms with Crippen LogP contribution >= 0.6 is 0 Å². The second-order valence-electron chi connectivity index (χ2n) is 7.76. The highest BCUT2D eigenvalue weighted by molar-refractivity contribution is 5.94. The molecule has 0 atom stereocenters. The molecule has 5 heterocycles. The fourth-order valence-corrected chi connectivity index (χ4v) is 4.04. The number of hydrogen-bond donors (Lipinski definition) is 1. The summed E-state index contributed by atoms with van der Waals surface area (Å²) in [7, 11) is 0. The lowest BCUT2D eigenvalue weighted by Gasteiger charge is -2.34. The molecule has 29 heavy (non-hydrogen) atoms. The quantitative estimate of drug-likeness (QED) is 0.586. The van der Waals surface area contributed by atoms with Gasteiger partial charge in [0, 0.05) is 50.5 Å². The highest BCUT2D eigenvalue weighted by Gasteiger charge is 2.24. The van der Waals surface area contributed by atoms with Crippen LogP contribution in [-0.4, -0.2) is 61.2 Å². The van der Waals surface area contributed by atoms with E-state index in [0.29, 0.717) is 18.8 Å². The third-order valence-electron chi connectivity index (χ3n) is 5.74. The van der Waals surface area contributed by atoms with Crippen molar-refractivity contribution in [3.8, 4) is 0 Å². The van der Waals surface area contributed by atoms with Crippen molar-refractivity contribution in [3.63, 3.8) is 0 Å². The van der Waals surface area contributed by atoms with Crippen molar-refractivity contribution in [2.75, 3.05) is 26.2 Å². The number of imidazole rings is 1. The maximum Gasteiger partial charge on any atom is 0.272 e. The second-order valence-corrected chi connectivity index (χ2v) is 7.76. The third kappa shape index (κ3) is 3.27. The van der Waals surface area contributed by atoms with E-state index in [1.807, 2.05) is 29.3 Å². The third-order valence-corrected chi connectivity index (χ3v) is 5.74. The van der Waals surface area contributed by atoms with Crippen LogP contribution in [0.15, 0.2) is 42.7 Å². The van der Waals surface area contributed by atoms with Gasteiger partial charge in [0.2, 0.25) is 0 Å². The van der Waals surface area contributed by atoms with E-state index in [1.54, 1.807) is 0 Å². The zero-order chi connectivity index (χ0) is 20.0. The minimum absolute atomic E-state index is 0.00242. The van der Waals surface area contributed by atoms with Gasteiger partial charge in [-0.3, -0.25) is 9.69 Å². The number of rotatable bonds is 3. The van der Waals surface area contributed by atoms with Gasteiger partial charge >= 0.3 is 0 Å². The summed E-state index contributed by atoms with van der Waals surface area (Å²) in [6, 6.07) is 9.94. The Hall–Kier alpha value is -3.19. The molecular weight excluding hydrogens is 364 g/mol. The first-order valence-corrected chi connectivity index (χ1v) is 9.98. The number of carbonyl (C=O) groups excluding carboxylic acids is 1. The molecule has 0 radical (unpaired) electrons. The fraction of sp³-hybridized carbons (Fsp3) is 0.318. The molecule has 0 bridgehead atoms. The van der Waals surface area contributed by atoms with Gasteiger partial charge < -0.3 is 14.3 Å². The zero-order valence-corrected chi connectivity index (χ0v) is 16.7. The molecule has 1 saturated heterocycles. The molecule has 0 aliphatic carbocycles. The zero-order valence-electron chi connectivity index (χ0n) is 16.7. The topological polar surface area (TPSA) is 69.5 Å². The number of amides is 1. The summed E-state index contributed by atoms with van der Waals surface area (Å²) < 4.78 is 2.18. The van der Waals surface area contributed by atoms with Crippen molar-refractivity contribution < 1.29 is 4.79 Å². The van der Waals surface area contributed by atoms with Gasteiger partial charge in [-0.1, -0.05) is 0 Å². The summed E-state index contributed by atoms with van der Waals surface area (Å²) in [6.45, 7) is 8.09. The van der Waals surface area contributed by atoms with Crippen molar-refractivity contribution in [1.82, 2.24) is 29.2 Å². The molecule has 7 nitrogen and oxygen atoms in total. The summed E-state index contributed by atoms with van der Waals surface area (Å²) in [6.07, 6.45) is 3.94. The smallest absolute Gasteiger partial charge is 0.272 e. The predicted molar refractivity (Wildman–Crippen MR) is 112 cm³/mol. The first-order valence-electron chi connectivity index (χ1n) is 9.98. The predicted octanol–water partition coefficient (Wildman–Crippen LogP) is 2.79. The Labute approximate surface area is 169 Å².